The molecule has 0 heterocycles. The third-order valence-electron chi connectivity index (χ3n) is 4.73. The molecule has 2 bridgehead atoms. The standard InChI is InChI=1S/C16H23NO/c18-11-15(9-12-4-2-1-3-5-12)17-16-10-13-6-7-14(16)8-13/h1-5,13-18H,6-11H2. The molecule has 0 radical (unpaired) electrons. The molecule has 1 aromatic rings. The number of aliphatic hydroxyl groups excluding tert-OH is 1. The first-order valence-electron chi connectivity index (χ1n) is 7.26. The summed E-state index contributed by atoms with van der Waals surface area (Å²) in [5.41, 5.74) is 1.31. The summed E-state index contributed by atoms with van der Waals surface area (Å²) in [6.45, 7) is 0.239. The molecule has 4 atom stereocenters. The predicted molar refractivity (Wildman–Crippen MR) is 73.4 cm³/mol. The van der Waals surface area contributed by atoms with Gasteiger partial charge in [-0.05, 0) is 43.1 Å². The van der Waals surface area contributed by atoms with Crippen LogP contribution in [0.1, 0.15) is 31.2 Å². The van der Waals surface area contributed by atoms with E-state index >= 15 is 0 Å². The summed E-state index contributed by atoms with van der Waals surface area (Å²) in [7, 11) is 0. The lowest BCUT2D eigenvalue weighted by molar-refractivity contribution is 0.213. The van der Waals surface area contributed by atoms with Gasteiger partial charge in [-0.2, -0.15) is 0 Å². The Hall–Kier alpha value is -0.860. The molecule has 2 aliphatic carbocycles. The molecule has 2 nitrogen and oxygen atoms in total. The van der Waals surface area contributed by atoms with Gasteiger partial charge in [-0.1, -0.05) is 36.8 Å². The van der Waals surface area contributed by atoms with E-state index in [1.165, 1.54) is 31.2 Å². The number of fused-ring (bicyclic) bond motifs is 2. The van der Waals surface area contributed by atoms with Crippen molar-refractivity contribution in [2.45, 2.75) is 44.2 Å². The fourth-order valence-corrected chi connectivity index (χ4v) is 3.83. The van der Waals surface area contributed by atoms with Gasteiger partial charge >= 0.3 is 0 Å². The average Bonchev–Trinajstić information content (AvgIpc) is 3.01. The van der Waals surface area contributed by atoms with Crippen LogP contribution in [0.2, 0.25) is 0 Å². The quantitative estimate of drug-likeness (QED) is 0.834. The minimum Gasteiger partial charge on any atom is -0.395 e. The van der Waals surface area contributed by atoms with Gasteiger partial charge in [-0.3, -0.25) is 0 Å². The highest BCUT2D eigenvalue weighted by Crippen LogP contribution is 2.44. The van der Waals surface area contributed by atoms with E-state index in [4.69, 9.17) is 0 Å². The van der Waals surface area contributed by atoms with Gasteiger partial charge in [0.25, 0.3) is 0 Å². The Labute approximate surface area is 109 Å². The molecule has 2 aliphatic rings. The minimum absolute atomic E-state index is 0.219. The van der Waals surface area contributed by atoms with Gasteiger partial charge in [0, 0.05) is 12.1 Å². The monoisotopic (exact) mass is 245 g/mol. The lowest BCUT2D eigenvalue weighted by Crippen LogP contribution is -2.44. The Kier molecular flexibility index (Phi) is 3.67. The van der Waals surface area contributed by atoms with Crippen molar-refractivity contribution in [1.82, 2.24) is 5.32 Å². The molecule has 1 aromatic carbocycles. The van der Waals surface area contributed by atoms with Crippen molar-refractivity contribution >= 4 is 0 Å². The molecule has 2 fully saturated rings. The third kappa shape index (κ3) is 2.60. The van der Waals surface area contributed by atoms with Gasteiger partial charge in [-0.15, -0.1) is 0 Å². The zero-order chi connectivity index (χ0) is 12.4. The van der Waals surface area contributed by atoms with Crippen LogP contribution in [-0.2, 0) is 6.42 Å². The number of rotatable bonds is 5. The van der Waals surface area contributed by atoms with Crippen molar-refractivity contribution in [3.05, 3.63) is 35.9 Å². The number of nitrogens with one attached hydrogen (secondary N) is 1. The summed E-state index contributed by atoms with van der Waals surface area (Å²) >= 11 is 0. The highest BCUT2D eigenvalue weighted by Gasteiger charge is 2.39. The van der Waals surface area contributed by atoms with Gasteiger partial charge < -0.3 is 10.4 Å². The zero-order valence-corrected chi connectivity index (χ0v) is 10.9. The summed E-state index contributed by atoms with van der Waals surface area (Å²) in [5.74, 6) is 1.84. The topological polar surface area (TPSA) is 32.3 Å². The fraction of sp³-hybridized carbons (Fsp3) is 0.625. The van der Waals surface area contributed by atoms with Crippen LogP contribution >= 0.6 is 0 Å². The molecule has 2 N–H and O–H groups in total. The predicted octanol–water partition coefficient (Wildman–Crippen LogP) is 2.37. The van der Waals surface area contributed by atoms with Crippen LogP contribution < -0.4 is 5.32 Å². The largest absolute Gasteiger partial charge is 0.395 e. The van der Waals surface area contributed by atoms with Crippen LogP contribution in [0.3, 0.4) is 0 Å². The first-order chi connectivity index (χ1) is 8.85. The van der Waals surface area contributed by atoms with Gasteiger partial charge in [-0.25, -0.2) is 0 Å². The Morgan fingerprint density at radius 2 is 2.00 bits per heavy atom. The summed E-state index contributed by atoms with van der Waals surface area (Å²) in [5, 5.41) is 13.3. The molecular formula is C16H23NO. The molecule has 2 heteroatoms. The summed E-state index contributed by atoms with van der Waals surface area (Å²) in [6.07, 6.45) is 6.51. The molecule has 2 saturated carbocycles. The Morgan fingerprint density at radius 1 is 1.17 bits per heavy atom. The van der Waals surface area contributed by atoms with Crippen LogP contribution in [0.15, 0.2) is 30.3 Å². The normalized spacial score (nSPS) is 31.7. The van der Waals surface area contributed by atoms with Gasteiger partial charge in [0.05, 0.1) is 6.61 Å². The molecule has 0 saturated heterocycles. The average molecular weight is 245 g/mol. The highest BCUT2D eigenvalue weighted by molar-refractivity contribution is 5.16. The molecule has 3 rings (SSSR count). The highest BCUT2D eigenvalue weighted by atomic mass is 16.3. The Balaban J connectivity index is 1.56. The van der Waals surface area contributed by atoms with Crippen molar-refractivity contribution in [1.29, 1.82) is 0 Å². The van der Waals surface area contributed by atoms with Crippen molar-refractivity contribution in [3.8, 4) is 0 Å². The second-order valence-electron chi connectivity index (χ2n) is 6.02. The first-order valence-corrected chi connectivity index (χ1v) is 7.26. The molecule has 18 heavy (non-hydrogen) atoms. The van der Waals surface area contributed by atoms with Crippen LogP contribution in [-0.4, -0.2) is 23.8 Å². The molecule has 0 spiro atoms. The maximum Gasteiger partial charge on any atom is 0.0587 e. The number of aliphatic hydroxyl groups is 1. The van der Waals surface area contributed by atoms with Crippen LogP contribution in [0.25, 0.3) is 0 Å². The number of hydrogen-bond donors (Lipinski definition) is 2. The number of benzene rings is 1. The molecule has 4 unspecified atom stereocenters. The lowest BCUT2D eigenvalue weighted by Gasteiger charge is -2.28. The number of hydrogen-bond acceptors (Lipinski definition) is 2. The van der Waals surface area contributed by atoms with Crippen molar-refractivity contribution < 1.29 is 5.11 Å². The van der Waals surface area contributed by atoms with E-state index in [0.29, 0.717) is 6.04 Å². The van der Waals surface area contributed by atoms with Gasteiger partial charge in [0.1, 0.15) is 0 Å². The van der Waals surface area contributed by atoms with E-state index in [1.54, 1.807) is 0 Å². The van der Waals surface area contributed by atoms with Crippen LogP contribution in [0.4, 0.5) is 0 Å². The van der Waals surface area contributed by atoms with E-state index in [1.807, 2.05) is 6.07 Å². The van der Waals surface area contributed by atoms with Crippen molar-refractivity contribution in [2.24, 2.45) is 11.8 Å². The first kappa shape index (κ1) is 12.2. The Bertz CT molecular complexity index is 378. The van der Waals surface area contributed by atoms with Crippen molar-refractivity contribution in [2.75, 3.05) is 6.61 Å². The second-order valence-corrected chi connectivity index (χ2v) is 6.02. The van der Waals surface area contributed by atoms with E-state index in [9.17, 15) is 5.11 Å². The third-order valence-corrected chi connectivity index (χ3v) is 4.73. The molecule has 0 amide bonds. The molecule has 98 valence electrons. The molecular weight excluding hydrogens is 222 g/mol. The smallest absolute Gasteiger partial charge is 0.0587 e. The zero-order valence-electron chi connectivity index (χ0n) is 10.9. The van der Waals surface area contributed by atoms with Gasteiger partial charge in [0.15, 0.2) is 0 Å². The minimum atomic E-state index is 0.219. The SMILES string of the molecule is OCC(Cc1ccccc1)NC1CC2CCC1C2. The summed E-state index contributed by atoms with van der Waals surface area (Å²) in [6, 6.07) is 11.3. The van der Waals surface area contributed by atoms with Crippen LogP contribution in [0, 0.1) is 11.8 Å². The summed E-state index contributed by atoms with van der Waals surface area (Å²) < 4.78 is 0. The maximum atomic E-state index is 9.56. The summed E-state index contributed by atoms with van der Waals surface area (Å²) in [4.78, 5) is 0. The van der Waals surface area contributed by atoms with E-state index in [-0.39, 0.29) is 12.6 Å². The van der Waals surface area contributed by atoms with Gasteiger partial charge in [0.2, 0.25) is 0 Å². The van der Waals surface area contributed by atoms with E-state index in [2.05, 4.69) is 29.6 Å². The second kappa shape index (κ2) is 5.41. The Morgan fingerprint density at radius 3 is 2.61 bits per heavy atom. The fourth-order valence-electron chi connectivity index (χ4n) is 3.83. The van der Waals surface area contributed by atoms with E-state index in [0.717, 1.165) is 18.3 Å². The van der Waals surface area contributed by atoms with E-state index < -0.39 is 0 Å². The molecule has 0 aromatic heterocycles. The maximum absolute atomic E-state index is 9.56. The van der Waals surface area contributed by atoms with Crippen LogP contribution in [0.5, 0.6) is 0 Å². The molecule has 0 aliphatic heterocycles. The lowest BCUT2D eigenvalue weighted by atomic mass is 9.94. The van der Waals surface area contributed by atoms with Crippen molar-refractivity contribution in [3.63, 3.8) is 0 Å².